The maximum Gasteiger partial charge on any atom is 0.328 e. The van der Waals surface area contributed by atoms with Crippen LogP contribution in [0.25, 0.3) is 0 Å². The van der Waals surface area contributed by atoms with Crippen molar-refractivity contribution in [2.45, 2.75) is 64.8 Å². The van der Waals surface area contributed by atoms with E-state index in [0.29, 0.717) is 30.4 Å². The second-order valence-corrected chi connectivity index (χ2v) is 9.16. The minimum absolute atomic E-state index is 0.00924. The molecule has 2 saturated heterocycles. The zero-order valence-corrected chi connectivity index (χ0v) is 18.8. The van der Waals surface area contributed by atoms with Crippen LogP contribution in [0.3, 0.4) is 0 Å². The zero-order valence-electron chi connectivity index (χ0n) is 18.8. The van der Waals surface area contributed by atoms with Crippen LogP contribution < -0.4 is 0 Å². The number of carbonyl (C=O) groups excluding carboxylic acids is 4. The van der Waals surface area contributed by atoms with E-state index in [0.717, 1.165) is 6.42 Å². The highest BCUT2D eigenvalue weighted by molar-refractivity contribution is 6.21. The number of hydrogen-bond acceptors (Lipinski definition) is 6. The zero-order chi connectivity index (χ0) is 23.0. The lowest BCUT2D eigenvalue weighted by Crippen LogP contribution is -2.53. The quantitative estimate of drug-likeness (QED) is 0.476. The molecule has 4 rings (SSSR count). The van der Waals surface area contributed by atoms with E-state index in [-0.39, 0.29) is 42.7 Å². The molecule has 3 aliphatic rings. The van der Waals surface area contributed by atoms with Gasteiger partial charge in [-0.3, -0.25) is 19.3 Å². The molecule has 0 saturated carbocycles. The monoisotopic (exact) mass is 442 g/mol. The molecule has 3 heterocycles. The summed E-state index contributed by atoms with van der Waals surface area (Å²) in [6, 6.07) is 6.08. The van der Waals surface area contributed by atoms with Crippen LogP contribution in [0.4, 0.5) is 0 Å². The van der Waals surface area contributed by atoms with Crippen LogP contribution in [0.1, 0.15) is 67.2 Å². The Labute approximate surface area is 187 Å². The average Bonchev–Trinajstić information content (AvgIpc) is 3.21. The first kappa shape index (κ1) is 22.5. The molecule has 0 N–H and O–H groups in total. The molecule has 1 aromatic rings. The van der Waals surface area contributed by atoms with Crippen molar-refractivity contribution >= 4 is 23.7 Å². The summed E-state index contributed by atoms with van der Waals surface area (Å²) in [4.78, 5) is 53.8. The van der Waals surface area contributed by atoms with Crippen molar-refractivity contribution < 1.29 is 28.7 Å². The van der Waals surface area contributed by atoms with Crippen LogP contribution in [0.5, 0.6) is 0 Å². The molecule has 0 spiro atoms. The van der Waals surface area contributed by atoms with Gasteiger partial charge in [0.1, 0.15) is 12.3 Å². The Morgan fingerprint density at radius 2 is 1.78 bits per heavy atom. The third-order valence-corrected chi connectivity index (χ3v) is 6.45. The molecule has 4 atom stereocenters. The van der Waals surface area contributed by atoms with Gasteiger partial charge in [-0.1, -0.05) is 26.0 Å². The molecule has 32 heavy (non-hydrogen) atoms. The molecule has 0 aliphatic carbocycles. The molecule has 3 aliphatic heterocycles. The molecular weight excluding hydrogens is 412 g/mol. The summed E-state index contributed by atoms with van der Waals surface area (Å²) in [7, 11) is 0. The van der Waals surface area contributed by atoms with Gasteiger partial charge < -0.3 is 14.4 Å². The molecule has 0 bridgehead atoms. The fourth-order valence-electron chi connectivity index (χ4n) is 4.99. The number of hydrogen-bond donors (Lipinski definition) is 0. The van der Waals surface area contributed by atoms with E-state index in [1.807, 2.05) is 13.8 Å². The number of nitrogens with zero attached hydrogens (tertiary/aromatic N) is 2. The molecule has 8 nitrogen and oxygen atoms in total. The van der Waals surface area contributed by atoms with Gasteiger partial charge in [-0.25, -0.2) is 4.79 Å². The van der Waals surface area contributed by atoms with Gasteiger partial charge in [-0.15, -0.1) is 0 Å². The largest absolute Gasteiger partial charge is 0.464 e. The van der Waals surface area contributed by atoms with E-state index >= 15 is 0 Å². The lowest BCUT2D eigenvalue weighted by molar-refractivity contribution is -0.176. The number of amides is 3. The minimum Gasteiger partial charge on any atom is -0.464 e. The molecule has 1 aromatic carbocycles. The predicted molar refractivity (Wildman–Crippen MR) is 115 cm³/mol. The predicted octanol–water partition coefficient (Wildman–Crippen LogP) is 2.61. The van der Waals surface area contributed by atoms with Gasteiger partial charge in [0.2, 0.25) is 5.91 Å². The number of rotatable bonds is 7. The van der Waals surface area contributed by atoms with Crippen molar-refractivity contribution in [3.8, 4) is 0 Å². The summed E-state index contributed by atoms with van der Waals surface area (Å²) < 4.78 is 11.6. The fourth-order valence-corrected chi connectivity index (χ4v) is 4.99. The molecule has 0 radical (unpaired) electrons. The van der Waals surface area contributed by atoms with E-state index in [1.54, 1.807) is 36.1 Å². The van der Waals surface area contributed by atoms with Crippen LogP contribution in [-0.2, 0) is 19.1 Å². The topological polar surface area (TPSA) is 93.2 Å². The van der Waals surface area contributed by atoms with Gasteiger partial charge in [0.05, 0.1) is 30.4 Å². The SMILES string of the molecule is CCOC(=O)C(CC(C)C)N1C(=O)CC2CC[C@@H](CN3C(=O)c4ccccc4C3=O)O[C@@H]21. The highest BCUT2D eigenvalue weighted by Crippen LogP contribution is 2.39. The van der Waals surface area contributed by atoms with Crippen LogP contribution in [0.2, 0.25) is 0 Å². The van der Waals surface area contributed by atoms with Crippen LogP contribution >= 0.6 is 0 Å². The van der Waals surface area contributed by atoms with E-state index in [4.69, 9.17) is 9.47 Å². The molecule has 3 amide bonds. The second-order valence-electron chi connectivity index (χ2n) is 9.16. The summed E-state index contributed by atoms with van der Waals surface area (Å²) in [6.45, 7) is 6.11. The van der Waals surface area contributed by atoms with E-state index in [2.05, 4.69) is 0 Å². The van der Waals surface area contributed by atoms with Crippen molar-refractivity contribution in [1.82, 2.24) is 9.80 Å². The van der Waals surface area contributed by atoms with Gasteiger partial charge in [-0.05, 0) is 44.2 Å². The molecule has 0 aromatic heterocycles. The Bertz CT molecular complexity index is 894. The first-order valence-electron chi connectivity index (χ1n) is 11.4. The third kappa shape index (κ3) is 4.03. The first-order chi connectivity index (χ1) is 15.3. The Morgan fingerprint density at radius 3 is 2.38 bits per heavy atom. The summed E-state index contributed by atoms with van der Waals surface area (Å²) in [5.74, 6) is -0.986. The number of imide groups is 1. The molecule has 2 fully saturated rings. The molecule has 8 heteroatoms. The van der Waals surface area contributed by atoms with Crippen LogP contribution in [-0.4, -0.2) is 65.0 Å². The Kier molecular flexibility index (Phi) is 6.33. The Morgan fingerprint density at radius 1 is 1.12 bits per heavy atom. The van der Waals surface area contributed by atoms with Crippen molar-refractivity contribution in [2.24, 2.45) is 11.8 Å². The van der Waals surface area contributed by atoms with Crippen LogP contribution in [0, 0.1) is 11.8 Å². The second kappa shape index (κ2) is 9.02. The maximum atomic E-state index is 12.9. The smallest absolute Gasteiger partial charge is 0.328 e. The fraction of sp³-hybridized carbons (Fsp3) is 0.583. The summed E-state index contributed by atoms with van der Waals surface area (Å²) in [6.07, 6.45) is 1.25. The van der Waals surface area contributed by atoms with E-state index in [1.165, 1.54) is 4.90 Å². The number of likely N-dealkylation sites (tertiary alicyclic amines) is 1. The minimum atomic E-state index is -0.699. The number of benzene rings is 1. The summed E-state index contributed by atoms with van der Waals surface area (Å²) in [5.41, 5.74) is 0.811. The number of carbonyl (C=O) groups is 4. The lowest BCUT2D eigenvalue weighted by atomic mass is 9.94. The summed E-state index contributed by atoms with van der Waals surface area (Å²) in [5, 5.41) is 0. The highest BCUT2D eigenvalue weighted by Gasteiger charge is 2.50. The molecular formula is C24H30N2O6. The summed E-state index contributed by atoms with van der Waals surface area (Å²) >= 11 is 0. The van der Waals surface area contributed by atoms with E-state index < -0.39 is 24.3 Å². The maximum absolute atomic E-state index is 12.9. The lowest BCUT2D eigenvalue weighted by Gasteiger charge is -2.40. The van der Waals surface area contributed by atoms with Gasteiger partial charge in [0.15, 0.2) is 0 Å². The molecule has 2 unspecified atom stereocenters. The first-order valence-corrected chi connectivity index (χ1v) is 11.4. The average molecular weight is 443 g/mol. The van der Waals surface area contributed by atoms with Gasteiger partial charge >= 0.3 is 5.97 Å². The third-order valence-electron chi connectivity index (χ3n) is 6.45. The van der Waals surface area contributed by atoms with Gasteiger partial charge in [0, 0.05) is 12.3 Å². The van der Waals surface area contributed by atoms with Crippen LogP contribution in [0.15, 0.2) is 24.3 Å². The molecule has 172 valence electrons. The Hall–Kier alpha value is -2.74. The number of ether oxygens (including phenoxy) is 2. The van der Waals surface area contributed by atoms with Crippen molar-refractivity contribution in [2.75, 3.05) is 13.2 Å². The van der Waals surface area contributed by atoms with Gasteiger partial charge in [-0.2, -0.15) is 0 Å². The van der Waals surface area contributed by atoms with Crippen molar-refractivity contribution in [3.05, 3.63) is 35.4 Å². The van der Waals surface area contributed by atoms with Gasteiger partial charge in [0.25, 0.3) is 11.8 Å². The standard InChI is InChI=1S/C24H30N2O6/c1-4-31-24(30)19(11-14(2)3)26-20(27)12-15-9-10-16(32-23(15)26)13-25-21(28)17-7-5-6-8-18(17)22(25)29/h5-8,14-16,19,23H,4,9-13H2,1-3H3/t15?,16-,19?,23-/m0/s1. The van der Waals surface area contributed by atoms with Crippen molar-refractivity contribution in [1.29, 1.82) is 0 Å². The normalized spacial score (nSPS) is 25.9. The van der Waals surface area contributed by atoms with Crippen molar-refractivity contribution in [3.63, 3.8) is 0 Å². The number of fused-ring (bicyclic) bond motifs is 2. The number of esters is 1. The highest BCUT2D eigenvalue weighted by atomic mass is 16.5. The Balaban J connectivity index is 1.50. The van der Waals surface area contributed by atoms with E-state index in [9.17, 15) is 19.2 Å².